The Morgan fingerprint density at radius 3 is 2.24 bits per heavy atom. The van der Waals surface area contributed by atoms with E-state index in [9.17, 15) is 8.42 Å². The summed E-state index contributed by atoms with van der Waals surface area (Å²) in [5.41, 5.74) is 0. The zero-order chi connectivity index (χ0) is 13.1. The molecule has 0 rings (SSSR count). The van der Waals surface area contributed by atoms with Crippen LogP contribution < -0.4 is 0 Å². The SMILES string of the molecule is CCCCCCCCOC(CO)CS(=O)(=O)O. The van der Waals surface area contributed by atoms with Gasteiger partial charge in [0, 0.05) is 6.61 Å². The van der Waals surface area contributed by atoms with Crippen LogP contribution in [0.2, 0.25) is 0 Å². The third kappa shape index (κ3) is 12.1. The molecule has 5 nitrogen and oxygen atoms in total. The molecule has 0 aromatic rings. The Bertz CT molecular complexity index is 263. The zero-order valence-corrected chi connectivity index (χ0v) is 11.3. The van der Waals surface area contributed by atoms with Gasteiger partial charge in [-0.15, -0.1) is 0 Å². The summed E-state index contributed by atoms with van der Waals surface area (Å²) in [4.78, 5) is 0. The fourth-order valence-electron chi connectivity index (χ4n) is 1.52. The van der Waals surface area contributed by atoms with E-state index in [4.69, 9.17) is 14.4 Å². The van der Waals surface area contributed by atoms with Gasteiger partial charge in [-0.2, -0.15) is 8.42 Å². The molecule has 0 saturated heterocycles. The molecule has 0 spiro atoms. The molecule has 0 aliphatic carbocycles. The lowest BCUT2D eigenvalue weighted by atomic mass is 10.1. The second-order valence-electron chi connectivity index (χ2n) is 4.19. The first-order valence-corrected chi connectivity index (χ1v) is 7.78. The minimum absolute atomic E-state index is 0.393. The molecule has 0 bridgehead atoms. The Labute approximate surface area is 104 Å². The third-order valence-electron chi connectivity index (χ3n) is 2.45. The van der Waals surface area contributed by atoms with Crippen LogP contribution in [0.3, 0.4) is 0 Å². The van der Waals surface area contributed by atoms with E-state index in [0.29, 0.717) is 6.61 Å². The van der Waals surface area contributed by atoms with Gasteiger partial charge in [0.05, 0.1) is 12.7 Å². The Kier molecular flexibility index (Phi) is 9.72. The first kappa shape index (κ1) is 16.8. The fraction of sp³-hybridized carbons (Fsp3) is 1.00. The summed E-state index contributed by atoms with van der Waals surface area (Å²) in [6.45, 7) is 2.19. The Morgan fingerprint density at radius 2 is 1.71 bits per heavy atom. The van der Waals surface area contributed by atoms with Crippen LogP contribution in [0, 0.1) is 0 Å². The highest BCUT2D eigenvalue weighted by Crippen LogP contribution is 2.06. The second-order valence-corrected chi connectivity index (χ2v) is 5.69. The summed E-state index contributed by atoms with van der Waals surface area (Å²) in [7, 11) is -4.08. The third-order valence-corrected chi connectivity index (χ3v) is 3.24. The largest absolute Gasteiger partial charge is 0.394 e. The van der Waals surface area contributed by atoms with Crippen molar-refractivity contribution < 1.29 is 22.8 Å². The van der Waals surface area contributed by atoms with Gasteiger partial charge >= 0.3 is 0 Å². The first-order chi connectivity index (χ1) is 7.99. The van der Waals surface area contributed by atoms with E-state index in [1.54, 1.807) is 0 Å². The van der Waals surface area contributed by atoms with E-state index in [1.807, 2.05) is 0 Å². The van der Waals surface area contributed by atoms with Gasteiger partial charge in [0.2, 0.25) is 0 Å². The predicted molar refractivity (Wildman–Crippen MR) is 66.6 cm³/mol. The Hall–Kier alpha value is -0.170. The molecule has 0 saturated carbocycles. The molecule has 0 aromatic heterocycles. The number of aliphatic hydroxyl groups excluding tert-OH is 1. The van der Waals surface area contributed by atoms with Crippen molar-refractivity contribution in [1.29, 1.82) is 0 Å². The monoisotopic (exact) mass is 268 g/mol. The van der Waals surface area contributed by atoms with Crippen molar-refractivity contribution in [2.45, 2.75) is 51.6 Å². The summed E-state index contributed by atoms with van der Waals surface area (Å²) in [5.74, 6) is -0.542. The van der Waals surface area contributed by atoms with Crippen molar-refractivity contribution in [3.05, 3.63) is 0 Å². The van der Waals surface area contributed by atoms with Gasteiger partial charge in [-0.1, -0.05) is 39.0 Å². The molecule has 104 valence electrons. The highest BCUT2D eigenvalue weighted by atomic mass is 32.2. The predicted octanol–water partition coefficient (Wildman–Crippen LogP) is 1.61. The molecule has 0 aliphatic rings. The average Bonchev–Trinajstić information content (AvgIpc) is 2.24. The van der Waals surface area contributed by atoms with Crippen LogP contribution in [0.5, 0.6) is 0 Å². The van der Waals surface area contributed by atoms with Crippen molar-refractivity contribution in [2.75, 3.05) is 19.0 Å². The second kappa shape index (κ2) is 9.82. The van der Waals surface area contributed by atoms with E-state index >= 15 is 0 Å². The molecule has 0 radical (unpaired) electrons. The molecule has 0 amide bonds. The van der Waals surface area contributed by atoms with Gasteiger partial charge in [0.25, 0.3) is 10.1 Å². The van der Waals surface area contributed by atoms with Crippen molar-refractivity contribution in [2.24, 2.45) is 0 Å². The summed E-state index contributed by atoms with van der Waals surface area (Å²) >= 11 is 0. The van der Waals surface area contributed by atoms with E-state index in [-0.39, 0.29) is 0 Å². The van der Waals surface area contributed by atoms with Gasteiger partial charge in [-0.25, -0.2) is 0 Å². The van der Waals surface area contributed by atoms with Crippen LogP contribution in [0.1, 0.15) is 45.4 Å². The molecular weight excluding hydrogens is 244 g/mol. The number of hydrogen-bond donors (Lipinski definition) is 2. The maximum Gasteiger partial charge on any atom is 0.267 e. The minimum atomic E-state index is -4.08. The van der Waals surface area contributed by atoms with Gasteiger partial charge in [-0.05, 0) is 6.42 Å². The van der Waals surface area contributed by atoms with Crippen LogP contribution in [0.15, 0.2) is 0 Å². The number of unbranched alkanes of at least 4 members (excludes halogenated alkanes) is 5. The van der Waals surface area contributed by atoms with E-state index in [0.717, 1.165) is 19.3 Å². The van der Waals surface area contributed by atoms with Gasteiger partial charge in [0.15, 0.2) is 0 Å². The number of ether oxygens (including phenoxy) is 1. The quantitative estimate of drug-likeness (QED) is 0.439. The maximum atomic E-state index is 10.6. The molecule has 2 N–H and O–H groups in total. The topological polar surface area (TPSA) is 83.8 Å². The van der Waals surface area contributed by atoms with Gasteiger partial charge in [-0.3, -0.25) is 4.55 Å². The van der Waals surface area contributed by atoms with Crippen molar-refractivity contribution >= 4 is 10.1 Å². The molecule has 17 heavy (non-hydrogen) atoms. The van der Waals surface area contributed by atoms with Crippen molar-refractivity contribution in [3.63, 3.8) is 0 Å². The van der Waals surface area contributed by atoms with Crippen molar-refractivity contribution in [3.8, 4) is 0 Å². The summed E-state index contributed by atoms with van der Waals surface area (Å²) < 4.78 is 34.9. The molecule has 0 fully saturated rings. The zero-order valence-electron chi connectivity index (χ0n) is 10.5. The van der Waals surface area contributed by atoms with Crippen molar-refractivity contribution in [1.82, 2.24) is 0 Å². The van der Waals surface area contributed by atoms with E-state index in [2.05, 4.69) is 6.92 Å². The minimum Gasteiger partial charge on any atom is -0.394 e. The van der Waals surface area contributed by atoms with Crippen LogP contribution in [0.4, 0.5) is 0 Å². The molecule has 0 aliphatic heterocycles. The Morgan fingerprint density at radius 1 is 1.12 bits per heavy atom. The standard InChI is InChI=1S/C11H24O5S/c1-2-3-4-5-6-7-8-16-11(9-12)10-17(13,14)15/h11-12H,2-10H2,1H3,(H,13,14,15). The lowest BCUT2D eigenvalue weighted by molar-refractivity contribution is 0.0242. The van der Waals surface area contributed by atoms with E-state index < -0.39 is 28.6 Å². The number of hydrogen-bond acceptors (Lipinski definition) is 4. The van der Waals surface area contributed by atoms with E-state index in [1.165, 1.54) is 19.3 Å². The van der Waals surface area contributed by atoms with Crippen LogP contribution in [-0.4, -0.2) is 43.1 Å². The number of rotatable bonds is 11. The highest BCUT2D eigenvalue weighted by molar-refractivity contribution is 7.85. The van der Waals surface area contributed by atoms with Gasteiger partial charge < -0.3 is 9.84 Å². The van der Waals surface area contributed by atoms with Crippen LogP contribution in [0.25, 0.3) is 0 Å². The molecule has 6 heteroatoms. The summed E-state index contributed by atoms with van der Waals surface area (Å²) in [5, 5.41) is 8.86. The highest BCUT2D eigenvalue weighted by Gasteiger charge is 2.16. The van der Waals surface area contributed by atoms with Crippen LogP contribution in [-0.2, 0) is 14.9 Å². The Balaban J connectivity index is 3.50. The summed E-state index contributed by atoms with van der Waals surface area (Å²) in [6, 6.07) is 0. The smallest absolute Gasteiger partial charge is 0.267 e. The lowest BCUT2D eigenvalue weighted by Crippen LogP contribution is -2.27. The van der Waals surface area contributed by atoms with Crippen LogP contribution >= 0.6 is 0 Å². The lowest BCUT2D eigenvalue weighted by Gasteiger charge is -2.13. The maximum absolute atomic E-state index is 10.6. The fourth-order valence-corrected chi connectivity index (χ4v) is 2.19. The molecule has 1 atom stereocenters. The molecule has 0 heterocycles. The molecule has 1 unspecified atom stereocenters. The van der Waals surface area contributed by atoms with Gasteiger partial charge in [0.1, 0.15) is 5.75 Å². The summed E-state index contributed by atoms with van der Waals surface area (Å²) in [6.07, 6.45) is 5.89. The average molecular weight is 268 g/mol. The molecular formula is C11H24O5S. The first-order valence-electron chi connectivity index (χ1n) is 6.17. The number of aliphatic hydroxyl groups is 1. The normalized spacial score (nSPS) is 13.8. The molecule has 0 aromatic carbocycles.